The van der Waals surface area contributed by atoms with Gasteiger partial charge < -0.3 is 10.3 Å². The van der Waals surface area contributed by atoms with Crippen LogP contribution in [0.5, 0.6) is 0 Å². The van der Waals surface area contributed by atoms with Gasteiger partial charge in [0.15, 0.2) is 5.82 Å². The van der Waals surface area contributed by atoms with E-state index in [1.807, 2.05) is 24.3 Å². The molecule has 1 saturated heterocycles. The second-order valence-corrected chi connectivity index (χ2v) is 7.76. The number of alkyl halides is 2. The number of piperidine rings is 1. The number of nitrogens with zero attached hydrogens (tertiary/aromatic N) is 2. The van der Waals surface area contributed by atoms with Gasteiger partial charge in [0.05, 0.1) is 11.0 Å². The number of fused-ring (bicyclic) bond motifs is 1. The summed E-state index contributed by atoms with van der Waals surface area (Å²) in [5, 5.41) is 2.85. The van der Waals surface area contributed by atoms with Gasteiger partial charge in [-0.2, -0.15) is 0 Å². The van der Waals surface area contributed by atoms with Crippen LogP contribution < -0.4 is 5.32 Å². The van der Waals surface area contributed by atoms with Gasteiger partial charge in [-0.05, 0) is 67.7 Å². The lowest BCUT2D eigenvalue weighted by atomic mass is 9.99. The average Bonchev–Trinajstić information content (AvgIpc) is 3.15. The van der Waals surface area contributed by atoms with Crippen molar-refractivity contribution in [2.45, 2.75) is 32.7 Å². The highest BCUT2D eigenvalue weighted by Crippen LogP contribution is 2.22. The standard InChI is InChI=1S/C22H24F2N4O/c1-14-8-10-28(11-9-14)13-15-2-5-17(6-3-15)25-22(29)16-4-7-18-19(12-16)27-21(26-18)20(23)24/h2-7,12,14,20H,8-11,13H2,1H3,(H,25,29)(H,26,27). The summed E-state index contributed by atoms with van der Waals surface area (Å²) in [5.41, 5.74) is 3.13. The van der Waals surface area contributed by atoms with E-state index in [0.717, 1.165) is 25.6 Å². The zero-order chi connectivity index (χ0) is 20.4. The highest BCUT2D eigenvalue weighted by Gasteiger charge is 2.16. The fraction of sp³-hybridized carbons (Fsp3) is 0.364. The predicted octanol–water partition coefficient (Wildman–Crippen LogP) is 4.98. The Hall–Kier alpha value is -2.80. The molecule has 1 aliphatic rings. The topological polar surface area (TPSA) is 61.0 Å². The molecule has 0 spiro atoms. The van der Waals surface area contributed by atoms with Gasteiger partial charge in [0.25, 0.3) is 12.3 Å². The van der Waals surface area contributed by atoms with E-state index < -0.39 is 12.2 Å². The molecule has 152 valence electrons. The number of carbonyl (C=O) groups excluding carboxylic acids is 1. The molecule has 2 heterocycles. The maximum atomic E-state index is 12.8. The molecule has 2 aromatic carbocycles. The van der Waals surface area contributed by atoms with Crippen LogP contribution in [0.25, 0.3) is 11.0 Å². The second kappa shape index (κ2) is 8.29. The smallest absolute Gasteiger partial charge is 0.295 e. The Morgan fingerprint density at radius 1 is 1.21 bits per heavy atom. The lowest BCUT2D eigenvalue weighted by Gasteiger charge is -2.30. The Labute approximate surface area is 168 Å². The number of carbonyl (C=O) groups is 1. The number of imidazole rings is 1. The molecule has 5 nitrogen and oxygen atoms in total. The first-order valence-electron chi connectivity index (χ1n) is 9.88. The third kappa shape index (κ3) is 4.62. The fourth-order valence-corrected chi connectivity index (χ4v) is 3.65. The normalized spacial score (nSPS) is 15.9. The minimum atomic E-state index is -2.67. The summed E-state index contributed by atoms with van der Waals surface area (Å²) in [5.74, 6) is 0.126. The van der Waals surface area contributed by atoms with Gasteiger partial charge in [-0.25, -0.2) is 13.8 Å². The summed E-state index contributed by atoms with van der Waals surface area (Å²) >= 11 is 0. The minimum absolute atomic E-state index is 0.294. The number of aromatic nitrogens is 2. The van der Waals surface area contributed by atoms with Gasteiger partial charge in [0.1, 0.15) is 0 Å². The molecular weight excluding hydrogens is 374 g/mol. The van der Waals surface area contributed by atoms with E-state index in [4.69, 9.17) is 0 Å². The van der Waals surface area contributed by atoms with Gasteiger partial charge in [-0.3, -0.25) is 9.69 Å². The van der Waals surface area contributed by atoms with Crippen molar-refractivity contribution < 1.29 is 13.6 Å². The molecule has 29 heavy (non-hydrogen) atoms. The molecule has 7 heteroatoms. The lowest BCUT2D eigenvalue weighted by molar-refractivity contribution is 0.102. The van der Waals surface area contributed by atoms with E-state index in [1.165, 1.54) is 24.5 Å². The third-order valence-electron chi connectivity index (χ3n) is 5.46. The largest absolute Gasteiger partial charge is 0.337 e. The first-order chi connectivity index (χ1) is 14.0. The van der Waals surface area contributed by atoms with E-state index in [-0.39, 0.29) is 5.91 Å². The molecule has 0 saturated carbocycles. The van der Waals surface area contributed by atoms with Gasteiger partial charge >= 0.3 is 0 Å². The van der Waals surface area contributed by atoms with Crippen molar-refractivity contribution in [3.8, 4) is 0 Å². The molecule has 0 radical (unpaired) electrons. The molecule has 0 aliphatic carbocycles. The number of rotatable bonds is 5. The van der Waals surface area contributed by atoms with Crippen LogP contribution in [0, 0.1) is 5.92 Å². The number of halogens is 2. The second-order valence-electron chi connectivity index (χ2n) is 7.76. The Kier molecular flexibility index (Phi) is 5.58. The van der Waals surface area contributed by atoms with Crippen LogP contribution in [-0.2, 0) is 6.54 Å². The van der Waals surface area contributed by atoms with E-state index in [0.29, 0.717) is 22.3 Å². The maximum absolute atomic E-state index is 12.8. The Morgan fingerprint density at radius 2 is 1.93 bits per heavy atom. The molecule has 0 bridgehead atoms. The Bertz CT molecular complexity index is 992. The fourth-order valence-electron chi connectivity index (χ4n) is 3.65. The number of amides is 1. The van der Waals surface area contributed by atoms with Gasteiger partial charge in [-0.1, -0.05) is 19.1 Å². The molecule has 1 aromatic heterocycles. The van der Waals surface area contributed by atoms with E-state index >= 15 is 0 Å². The Balaban J connectivity index is 1.39. The number of benzene rings is 2. The van der Waals surface area contributed by atoms with Crippen molar-refractivity contribution in [2.75, 3.05) is 18.4 Å². The van der Waals surface area contributed by atoms with Crippen molar-refractivity contribution in [3.63, 3.8) is 0 Å². The number of nitrogens with one attached hydrogen (secondary N) is 2. The number of likely N-dealkylation sites (tertiary alicyclic amines) is 1. The number of aromatic amines is 1. The van der Waals surface area contributed by atoms with Gasteiger partial charge in [-0.15, -0.1) is 0 Å². The van der Waals surface area contributed by atoms with Gasteiger partial charge in [0, 0.05) is 17.8 Å². The molecule has 2 N–H and O–H groups in total. The molecule has 0 unspecified atom stereocenters. The quantitative estimate of drug-likeness (QED) is 0.637. The number of hydrogen-bond acceptors (Lipinski definition) is 3. The van der Waals surface area contributed by atoms with Crippen LogP contribution in [0.3, 0.4) is 0 Å². The molecule has 1 fully saturated rings. The molecule has 4 rings (SSSR count). The van der Waals surface area contributed by atoms with E-state index in [2.05, 4.69) is 27.1 Å². The molecule has 1 aliphatic heterocycles. The summed E-state index contributed by atoms with van der Waals surface area (Å²) in [6.07, 6.45) is -0.187. The SMILES string of the molecule is CC1CCN(Cc2ccc(NC(=O)c3ccc4nc(C(F)F)[nH]c4c3)cc2)CC1. The van der Waals surface area contributed by atoms with Crippen molar-refractivity contribution in [3.05, 3.63) is 59.4 Å². The van der Waals surface area contributed by atoms with E-state index in [1.54, 1.807) is 12.1 Å². The predicted molar refractivity (Wildman–Crippen MR) is 109 cm³/mol. The summed E-state index contributed by atoms with van der Waals surface area (Å²) in [6.45, 7) is 5.48. The summed E-state index contributed by atoms with van der Waals surface area (Å²) < 4.78 is 25.5. The zero-order valence-corrected chi connectivity index (χ0v) is 16.3. The summed E-state index contributed by atoms with van der Waals surface area (Å²) in [7, 11) is 0. The number of H-pyrrole nitrogens is 1. The van der Waals surface area contributed by atoms with Crippen molar-refractivity contribution in [2.24, 2.45) is 5.92 Å². The monoisotopic (exact) mass is 398 g/mol. The van der Waals surface area contributed by atoms with Crippen LogP contribution in [0.4, 0.5) is 14.5 Å². The molecule has 3 aromatic rings. The Morgan fingerprint density at radius 3 is 2.62 bits per heavy atom. The summed E-state index contributed by atoms with van der Waals surface area (Å²) in [6, 6.07) is 12.5. The minimum Gasteiger partial charge on any atom is -0.337 e. The van der Waals surface area contributed by atoms with Crippen LogP contribution in [-0.4, -0.2) is 33.9 Å². The van der Waals surface area contributed by atoms with Crippen LogP contribution >= 0.6 is 0 Å². The highest BCUT2D eigenvalue weighted by atomic mass is 19.3. The van der Waals surface area contributed by atoms with Crippen molar-refractivity contribution in [1.82, 2.24) is 14.9 Å². The van der Waals surface area contributed by atoms with Crippen molar-refractivity contribution >= 4 is 22.6 Å². The molecular formula is C22H24F2N4O. The third-order valence-corrected chi connectivity index (χ3v) is 5.46. The van der Waals surface area contributed by atoms with Crippen LogP contribution in [0.1, 0.15) is 47.9 Å². The molecule has 1 amide bonds. The number of anilines is 1. The zero-order valence-electron chi connectivity index (χ0n) is 16.3. The average molecular weight is 398 g/mol. The lowest BCUT2D eigenvalue weighted by Crippen LogP contribution is -2.32. The van der Waals surface area contributed by atoms with Crippen LogP contribution in [0.2, 0.25) is 0 Å². The van der Waals surface area contributed by atoms with E-state index in [9.17, 15) is 13.6 Å². The van der Waals surface area contributed by atoms with Crippen molar-refractivity contribution in [1.29, 1.82) is 0 Å². The summed E-state index contributed by atoms with van der Waals surface area (Å²) in [4.78, 5) is 21.4. The molecule has 0 atom stereocenters. The number of hydrogen-bond donors (Lipinski definition) is 2. The van der Waals surface area contributed by atoms with Gasteiger partial charge in [0.2, 0.25) is 0 Å². The first-order valence-corrected chi connectivity index (χ1v) is 9.88. The first kappa shape index (κ1) is 19.5. The highest BCUT2D eigenvalue weighted by molar-refractivity contribution is 6.05. The maximum Gasteiger partial charge on any atom is 0.295 e. The van der Waals surface area contributed by atoms with Crippen LogP contribution in [0.15, 0.2) is 42.5 Å².